The van der Waals surface area contributed by atoms with Crippen molar-refractivity contribution < 1.29 is 4.97 Å². The summed E-state index contributed by atoms with van der Waals surface area (Å²) in [5.74, 6) is 0. The van der Waals surface area contributed by atoms with Gasteiger partial charge >= 0.3 is 0 Å². The van der Waals surface area contributed by atoms with Crippen molar-refractivity contribution in [3.8, 4) is 0 Å². The fourth-order valence-corrected chi connectivity index (χ4v) is 0.0514. The van der Waals surface area contributed by atoms with Crippen LogP contribution in [0, 0.1) is 15.6 Å². The summed E-state index contributed by atoms with van der Waals surface area (Å²) in [4.78, 5) is -0.611. The number of hydrogen-bond acceptors (Lipinski definition) is 4. The molecule has 0 saturated heterocycles. The van der Waals surface area contributed by atoms with Crippen molar-refractivity contribution in [3.63, 3.8) is 0 Å². The lowest BCUT2D eigenvalue weighted by atomic mass is 11.5. The predicted octanol–water partition coefficient (Wildman–Crippen LogP) is -0.209. The van der Waals surface area contributed by atoms with Gasteiger partial charge in [0.1, 0.15) is 0 Å². The molecule has 0 aliphatic heterocycles. The normalized spacial score (nSPS) is 11.4. The molecule has 0 amide bonds. The van der Waals surface area contributed by atoms with Crippen molar-refractivity contribution in [1.82, 2.24) is 5.17 Å². The summed E-state index contributed by atoms with van der Waals surface area (Å²) in [5.41, 5.74) is 0. The molecule has 42 valence electrons. The Morgan fingerprint density at radius 3 is 2.14 bits per heavy atom. The van der Waals surface area contributed by atoms with Crippen molar-refractivity contribution in [2.75, 3.05) is 7.05 Å². The van der Waals surface area contributed by atoms with E-state index in [0.717, 1.165) is 7.05 Å². The molecule has 0 N–H and O–H groups in total. The van der Waals surface area contributed by atoms with Crippen LogP contribution < -0.4 is 0 Å². The molecule has 0 spiro atoms. The van der Waals surface area contributed by atoms with E-state index in [4.69, 9.17) is 5.21 Å². The van der Waals surface area contributed by atoms with Gasteiger partial charge in [0.2, 0.25) is 0 Å². The van der Waals surface area contributed by atoms with Crippen molar-refractivity contribution >= 4 is 0 Å². The Labute approximate surface area is 39.4 Å². The first-order chi connectivity index (χ1) is 3.18. The molecular formula is CH3N3O3-2. The molecule has 0 radical (unpaired) electrons. The molecule has 0 saturated carbocycles. The van der Waals surface area contributed by atoms with Gasteiger partial charge in [-0.25, -0.2) is 5.17 Å². The first-order valence-electron chi connectivity index (χ1n) is 1.39. The Kier molecular flexibility index (Phi) is 1.86. The third-order valence-electron chi connectivity index (χ3n) is 0.311. The lowest BCUT2D eigenvalue weighted by molar-refractivity contribution is -0.670. The number of hydrazine groups is 1. The van der Waals surface area contributed by atoms with Gasteiger partial charge in [-0.15, -0.1) is 0 Å². The highest BCUT2D eigenvalue weighted by molar-refractivity contribution is 4.22. The van der Waals surface area contributed by atoms with Gasteiger partial charge < -0.3 is 15.6 Å². The molecule has 6 nitrogen and oxygen atoms in total. The van der Waals surface area contributed by atoms with Crippen LogP contribution in [0.15, 0.2) is 5.28 Å². The average Bonchev–Trinajstić information content (AvgIpc) is 1.65. The minimum absolute atomic E-state index is 0.229. The van der Waals surface area contributed by atoms with Crippen molar-refractivity contribution in [2.24, 2.45) is 5.28 Å². The van der Waals surface area contributed by atoms with Gasteiger partial charge in [0, 0.05) is 4.97 Å². The predicted molar refractivity (Wildman–Crippen MR) is 20.6 cm³/mol. The van der Waals surface area contributed by atoms with E-state index < -0.39 is 4.97 Å². The SMILES string of the molecule is CN([O-])[N+]([O-])=N[O-]. The zero-order valence-electron chi connectivity index (χ0n) is 3.57. The average molecular weight is 105 g/mol. The van der Waals surface area contributed by atoms with Crippen LogP contribution in [0.4, 0.5) is 0 Å². The molecule has 7 heavy (non-hydrogen) atoms. The van der Waals surface area contributed by atoms with Crippen LogP contribution in [0.25, 0.3) is 0 Å². The molecule has 0 atom stereocenters. The second kappa shape index (κ2) is 2.19. The number of hydroxylamine groups is 1. The van der Waals surface area contributed by atoms with Crippen molar-refractivity contribution in [1.29, 1.82) is 0 Å². The van der Waals surface area contributed by atoms with E-state index in [1.165, 1.54) is 0 Å². The van der Waals surface area contributed by atoms with Crippen LogP contribution in [-0.2, 0) is 0 Å². The van der Waals surface area contributed by atoms with E-state index in [1.54, 1.807) is 5.28 Å². The topological polar surface area (TPSA) is 87.8 Å². The number of rotatable bonds is 1. The van der Waals surface area contributed by atoms with Gasteiger partial charge in [-0.3, -0.25) is 0 Å². The zero-order valence-corrected chi connectivity index (χ0v) is 3.57. The second-order valence-corrected chi connectivity index (χ2v) is 0.799. The van der Waals surface area contributed by atoms with E-state index in [2.05, 4.69) is 0 Å². The fraction of sp³-hybridized carbons (Fsp3) is 1.00. The Bertz CT molecular complexity index is 78.2. The molecule has 0 aromatic heterocycles. The van der Waals surface area contributed by atoms with Crippen molar-refractivity contribution in [2.45, 2.75) is 0 Å². The van der Waals surface area contributed by atoms with Crippen LogP contribution in [0.5, 0.6) is 0 Å². The quantitative estimate of drug-likeness (QED) is 0.262. The maximum Gasteiger partial charge on any atom is 0.0547 e. The first kappa shape index (κ1) is 5.96. The van der Waals surface area contributed by atoms with E-state index >= 15 is 0 Å². The van der Waals surface area contributed by atoms with Crippen LogP contribution in [0.2, 0.25) is 0 Å². The molecule has 0 aliphatic rings. The van der Waals surface area contributed by atoms with Gasteiger partial charge in [-0.1, -0.05) is 0 Å². The Hall–Kier alpha value is -1.04. The lowest BCUT2D eigenvalue weighted by Gasteiger charge is -2.16. The highest BCUT2D eigenvalue weighted by Crippen LogP contribution is 1.76. The molecule has 0 aromatic carbocycles. The minimum atomic E-state index is -0.611. The van der Waals surface area contributed by atoms with Gasteiger partial charge in [-0.05, 0) is 5.28 Å². The van der Waals surface area contributed by atoms with Gasteiger partial charge in [-0.2, -0.15) is 0 Å². The fourth-order valence-electron chi connectivity index (χ4n) is 0.0514. The molecular weight excluding hydrogens is 102 g/mol. The van der Waals surface area contributed by atoms with Gasteiger partial charge in [0.25, 0.3) is 0 Å². The van der Waals surface area contributed by atoms with E-state index in [9.17, 15) is 10.4 Å². The summed E-state index contributed by atoms with van der Waals surface area (Å²) in [6.45, 7) is 0. The van der Waals surface area contributed by atoms with Crippen LogP contribution in [0.3, 0.4) is 0 Å². The number of hydrogen-bond donors (Lipinski definition) is 0. The molecule has 6 heteroatoms. The summed E-state index contributed by atoms with van der Waals surface area (Å²) in [6, 6.07) is 0. The Morgan fingerprint density at radius 2 is 2.14 bits per heavy atom. The maximum atomic E-state index is 9.61. The van der Waals surface area contributed by atoms with Gasteiger partial charge in [0.05, 0.1) is 7.05 Å². The summed E-state index contributed by atoms with van der Waals surface area (Å²) in [6.07, 6.45) is 0. The molecule has 0 aliphatic carbocycles. The van der Waals surface area contributed by atoms with E-state index in [-0.39, 0.29) is 5.17 Å². The minimum Gasteiger partial charge on any atom is -0.737 e. The zero-order chi connectivity index (χ0) is 5.86. The highest BCUT2D eigenvalue weighted by atomic mass is 16.7. The number of nitrogens with zero attached hydrogens (tertiary/aromatic N) is 3. The van der Waals surface area contributed by atoms with E-state index in [0.29, 0.717) is 0 Å². The van der Waals surface area contributed by atoms with Gasteiger partial charge in [0.15, 0.2) is 0 Å². The van der Waals surface area contributed by atoms with Crippen LogP contribution in [0.1, 0.15) is 0 Å². The van der Waals surface area contributed by atoms with E-state index in [1.807, 2.05) is 0 Å². The summed E-state index contributed by atoms with van der Waals surface area (Å²) < 4.78 is 0. The maximum absolute atomic E-state index is 9.61. The summed E-state index contributed by atoms with van der Waals surface area (Å²) in [7, 11) is 0.869. The smallest absolute Gasteiger partial charge is 0.0547 e. The highest BCUT2D eigenvalue weighted by Gasteiger charge is 1.79. The monoisotopic (exact) mass is 105 g/mol. The third-order valence-corrected chi connectivity index (χ3v) is 0.311. The molecule has 0 fully saturated rings. The molecule has 0 heterocycles. The lowest BCUT2D eigenvalue weighted by Crippen LogP contribution is -2.17. The standard InChI is InChI=1S/CH4N3O3/c1-3(6)4(7)2-5/h5H,1H3/q-1/p-1. The summed E-state index contributed by atoms with van der Waals surface area (Å²) in [5, 5.41) is 29.7. The third kappa shape index (κ3) is 1.77. The molecule has 0 rings (SSSR count). The second-order valence-electron chi connectivity index (χ2n) is 0.799. The largest absolute Gasteiger partial charge is 0.737 e. The molecule has 0 bridgehead atoms. The summed E-state index contributed by atoms with van der Waals surface area (Å²) >= 11 is 0. The first-order valence-corrected chi connectivity index (χ1v) is 1.39. The van der Waals surface area contributed by atoms with Crippen LogP contribution >= 0.6 is 0 Å². The van der Waals surface area contributed by atoms with Crippen molar-refractivity contribution in [3.05, 3.63) is 15.6 Å². The molecule has 0 unspecified atom stereocenters. The Morgan fingerprint density at radius 1 is 1.71 bits per heavy atom. The Balaban J connectivity index is 3.56. The van der Waals surface area contributed by atoms with Crippen LogP contribution in [-0.4, -0.2) is 17.2 Å². The molecule has 0 aromatic rings.